The normalized spacial score (nSPS) is 22.6. The molecule has 0 radical (unpaired) electrons. The maximum absolute atomic E-state index is 12.3. The van der Waals surface area contributed by atoms with E-state index in [1.165, 1.54) is 9.80 Å². The Morgan fingerprint density at radius 1 is 0.880 bits per heavy atom. The number of carbonyl (C=O) groups excluding carboxylic acids is 2. The van der Waals surface area contributed by atoms with Crippen LogP contribution in [-0.2, 0) is 14.3 Å². The highest BCUT2D eigenvalue weighted by molar-refractivity contribution is 5.77. The molecule has 1 N–H and O–H groups in total. The number of carboxylic acids is 1. The molecule has 0 bridgehead atoms. The van der Waals surface area contributed by atoms with E-state index in [-0.39, 0.29) is 26.2 Å². The molecule has 1 unspecified atom stereocenters. The van der Waals surface area contributed by atoms with Gasteiger partial charge in [0.1, 0.15) is 11.2 Å². The molecule has 0 aliphatic carbocycles. The first-order valence-corrected chi connectivity index (χ1v) is 8.41. The molecule has 2 amide bonds. The molecular formula is C17H28N2O6. The number of carboxylic acid groups (broad SMARTS) is 1. The lowest BCUT2D eigenvalue weighted by molar-refractivity contribution is -0.149. The second-order valence-corrected chi connectivity index (χ2v) is 8.95. The maximum atomic E-state index is 12.3. The minimum absolute atomic E-state index is 0.0897. The third-order valence-electron chi connectivity index (χ3n) is 4.26. The molecular weight excluding hydrogens is 328 g/mol. The Morgan fingerprint density at radius 2 is 1.28 bits per heavy atom. The quantitative estimate of drug-likeness (QED) is 0.773. The predicted molar refractivity (Wildman–Crippen MR) is 89.2 cm³/mol. The first-order valence-electron chi connectivity index (χ1n) is 8.41. The molecule has 2 heterocycles. The SMILES string of the molecule is CC(C)(C)OC(=O)N1CC(C(=O)O)C2(C1)CN(C(=O)OC(C)(C)C)C2. The minimum atomic E-state index is -0.963. The van der Waals surface area contributed by atoms with Gasteiger partial charge in [-0.25, -0.2) is 9.59 Å². The van der Waals surface area contributed by atoms with Gasteiger partial charge in [-0.3, -0.25) is 4.79 Å². The van der Waals surface area contributed by atoms with Crippen LogP contribution in [0, 0.1) is 11.3 Å². The Labute approximate surface area is 148 Å². The van der Waals surface area contributed by atoms with E-state index in [9.17, 15) is 19.5 Å². The lowest BCUT2D eigenvalue weighted by Crippen LogP contribution is -2.63. The highest BCUT2D eigenvalue weighted by Gasteiger charge is 2.60. The Balaban J connectivity index is 2.04. The van der Waals surface area contributed by atoms with Crippen LogP contribution in [0.5, 0.6) is 0 Å². The maximum Gasteiger partial charge on any atom is 0.410 e. The summed E-state index contributed by atoms with van der Waals surface area (Å²) in [5.41, 5.74) is -1.89. The highest BCUT2D eigenvalue weighted by atomic mass is 16.6. The number of rotatable bonds is 1. The van der Waals surface area contributed by atoms with Crippen molar-refractivity contribution in [3.05, 3.63) is 0 Å². The van der Waals surface area contributed by atoms with E-state index in [1.807, 2.05) is 0 Å². The van der Waals surface area contributed by atoms with Crippen LogP contribution < -0.4 is 0 Å². The fourth-order valence-corrected chi connectivity index (χ4v) is 3.26. The van der Waals surface area contributed by atoms with Crippen molar-refractivity contribution in [2.24, 2.45) is 11.3 Å². The number of aliphatic carboxylic acids is 1. The van der Waals surface area contributed by atoms with Crippen LogP contribution in [0.15, 0.2) is 0 Å². The average Bonchev–Trinajstić information content (AvgIpc) is 2.73. The molecule has 1 atom stereocenters. The van der Waals surface area contributed by atoms with Crippen molar-refractivity contribution in [3.8, 4) is 0 Å². The van der Waals surface area contributed by atoms with Crippen LogP contribution in [-0.4, -0.2) is 70.4 Å². The molecule has 0 aromatic rings. The molecule has 2 aliphatic rings. The smallest absolute Gasteiger partial charge is 0.410 e. The van der Waals surface area contributed by atoms with Gasteiger partial charge in [-0.2, -0.15) is 0 Å². The van der Waals surface area contributed by atoms with Crippen molar-refractivity contribution in [2.75, 3.05) is 26.2 Å². The van der Waals surface area contributed by atoms with Crippen LogP contribution in [0.3, 0.4) is 0 Å². The molecule has 0 aromatic carbocycles. The van der Waals surface area contributed by atoms with Crippen LogP contribution in [0.4, 0.5) is 9.59 Å². The largest absolute Gasteiger partial charge is 0.481 e. The van der Waals surface area contributed by atoms with Crippen molar-refractivity contribution in [2.45, 2.75) is 52.7 Å². The van der Waals surface area contributed by atoms with Gasteiger partial charge in [0.2, 0.25) is 0 Å². The third-order valence-corrected chi connectivity index (χ3v) is 4.26. The van der Waals surface area contributed by atoms with Crippen molar-refractivity contribution >= 4 is 18.2 Å². The van der Waals surface area contributed by atoms with E-state index in [2.05, 4.69) is 0 Å². The molecule has 2 fully saturated rings. The average molecular weight is 356 g/mol. The zero-order chi connectivity index (χ0) is 19.2. The summed E-state index contributed by atoms with van der Waals surface area (Å²) in [5.74, 6) is -1.69. The number of carbonyl (C=O) groups is 3. The Hall–Kier alpha value is -1.99. The van der Waals surface area contributed by atoms with Gasteiger partial charge in [-0.1, -0.05) is 0 Å². The zero-order valence-corrected chi connectivity index (χ0v) is 15.8. The Morgan fingerprint density at radius 3 is 1.68 bits per heavy atom. The Kier molecular flexibility index (Phi) is 4.69. The summed E-state index contributed by atoms with van der Waals surface area (Å²) in [6.07, 6.45) is -0.982. The lowest BCUT2D eigenvalue weighted by atomic mass is 9.72. The summed E-state index contributed by atoms with van der Waals surface area (Å²) in [4.78, 5) is 38.9. The number of amides is 2. The van der Waals surface area contributed by atoms with E-state index >= 15 is 0 Å². The third kappa shape index (κ3) is 4.35. The highest BCUT2D eigenvalue weighted by Crippen LogP contribution is 2.44. The molecule has 2 rings (SSSR count). The van der Waals surface area contributed by atoms with Gasteiger partial charge in [0, 0.05) is 31.6 Å². The fourth-order valence-electron chi connectivity index (χ4n) is 3.26. The number of likely N-dealkylation sites (tertiary alicyclic amines) is 2. The van der Waals surface area contributed by atoms with Crippen LogP contribution in [0.2, 0.25) is 0 Å². The first kappa shape index (κ1) is 19.3. The van der Waals surface area contributed by atoms with Crippen LogP contribution in [0.25, 0.3) is 0 Å². The van der Waals surface area contributed by atoms with Crippen LogP contribution in [0.1, 0.15) is 41.5 Å². The monoisotopic (exact) mass is 356 g/mol. The zero-order valence-electron chi connectivity index (χ0n) is 15.8. The second kappa shape index (κ2) is 6.07. The van der Waals surface area contributed by atoms with Crippen molar-refractivity contribution in [3.63, 3.8) is 0 Å². The molecule has 142 valence electrons. The number of hydrogen-bond donors (Lipinski definition) is 1. The van der Waals surface area contributed by atoms with Gasteiger partial charge in [0.05, 0.1) is 5.92 Å². The molecule has 1 spiro atoms. The molecule has 8 heteroatoms. The minimum Gasteiger partial charge on any atom is -0.481 e. The molecule has 8 nitrogen and oxygen atoms in total. The summed E-state index contributed by atoms with van der Waals surface area (Å²) in [6.45, 7) is 11.5. The van der Waals surface area contributed by atoms with Gasteiger partial charge >= 0.3 is 18.2 Å². The van der Waals surface area contributed by atoms with Gasteiger partial charge in [-0.05, 0) is 41.5 Å². The molecule has 0 saturated carbocycles. The van der Waals surface area contributed by atoms with E-state index < -0.39 is 40.7 Å². The molecule has 2 aliphatic heterocycles. The standard InChI is InChI=1S/C17H28N2O6/c1-15(2,3)24-13(22)18-7-11(12(20)21)17(8-18)9-19(10-17)14(23)25-16(4,5)6/h11H,7-10H2,1-6H3,(H,20,21). The van der Waals surface area contributed by atoms with Gasteiger partial charge in [-0.15, -0.1) is 0 Å². The first-order chi connectivity index (χ1) is 11.2. The van der Waals surface area contributed by atoms with E-state index in [4.69, 9.17) is 9.47 Å². The lowest BCUT2D eigenvalue weighted by Gasteiger charge is -2.49. The van der Waals surface area contributed by atoms with Gasteiger partial charge in [0.25, 0.3) is 0 Å². The molecule has 25 heavy (non-hydrogen) atoms. The van der Waals surface area contributed by atoms with E-state index in [1.54, 1.807) is 41.5 Å². The van der Waals surface area contributed by atoms with Crippen molar-refractivity contribution in [1.82, 2.24) is 9.80 Å². The summed E-state index contributed by atoms with van der Waals surface area (Å²) >= 11 is 0. The number of ether oxygens (including phenoxy) is 2. The number of hydrogen-bond acceptors (Lipinski definition) is 5. The molecule has 2 saturated heterocycles. The van der Waals surface area contributed by atoms with Gasteiger partial charge in [0.15, 0.2) is 0 Å². The Bertz CT molecular complexity index is 569. The van der Waals surface area contributed by atoms with E-state index in [0.29, 0.717) is 0 Å². The molecule has 0 aromatic heterocycles. The topological polar surface area (TPSA) is 96.4 Å². The summed E-state index contributed by atoms with van der Waals surface area (Å²) < 4.78 is 10.7. The van der Waals surface area contributed by atoms with Crippen LogP contribution >= 0.6 is 0 Å². The van der Waals surface area contributed by atoms with Crippen molar-refractivity contribution in [1.29, 1.82) is 0 Å². The van der Waals surface area contributed by atoms with Gasteiger partial charge < -0.3 is 24.4 Å². The summed E-state index contributed by atoms with van der Waals surface area (Å²) in [5, 5.41) is 9.54. The second-order valence-electron chi connectivity index (χ2n) is 8.95. The number of nitrogens with zero attached hydrogens (tertiary/aromatic N) is 2. The predicted octanol–water partition coefficient (Wildman–Crippen LogP) is 2.17. The summed E-state index contributed by atoms with van der Waals surface area (Å²) in [6, 6.07) is 0. The summed E-state index contributed by atoms with van der Waals surface area (Å²) in [7, 11) is 0. The van der Waals surface area contributed by atoms with Crippen molar-refractivity contribution < 1.29 is 29.0 Å². The fraction of sp³-hybridized carbons (Fsp3) is 0.824. The van der Waals surface area contributed by atoms with E-state index in [0.717, 1.165) is 0 Å².